The van der Waals surface area contributed by atoms with Crippen molar-refractivity contribution in [3.8, 4) is 0 Å². The van der Waals surface area contributed by atoms with Crippen molar-refractivity contribution >= 4 is 29.1 Å². The number of carbonyl (C=O) groups excluding carboxylic acids is 3. The molecule has 2 rings (SSSR count). The Morgan fingerprint density at radius 1 is 1.21 bits per heavy atom. The molecular weight excluding hydrogens is 386 g/mol. The van der Waals surface area contributed by atoms with Crippen molar-refractivity contribution in [2.45, 2.75) is 72.4 Å². The quantitative estimate of drug-likeness (QED) is 0.708. The summed E-state index contributed by atoms with van der Waals surface area (Å²) in [7, 11) is 0. The van der Waals surface area contributed by atoms with Gasteiger partial charge >= 0.3 is 0 Å². The monoisotopic (exact) mass is 421 g/mol. The van der Waals surface area contributed by atoms with Gasteiger partial charge in [-0.05, 0) is 49.0 Å². The van der Waals surface area contributed by atoms with Gasteiger partial charge in [0.25, 0.3) is 5.91 Å². The summed E-state index contributed by atoms with van der Waals surface area (Å²) >= 11 is 1.36. The van der Waals surface area contributed by atoms with E-state index >= 15 is 0 Å². The standard InChI is InChI=1S/C22H35N3O3S/c1-6-15(2)23-21(28)19(24-20(27)17-8-7-13-29-17)16-9-11-25(12-10-16)18(26)14-22(3,4)5/h7-8,13,15-16,19H,6,9-12,14H2,1-5H3,(H,23,28)(H,24,27). The second-order valence-electron chi connectivity index (χ2n) is 9.20. The van der Waals surface area contributed by atoms with Gasteiger partial charge in [0, 0.05) is 25.6 Å². The van der Waals surface area contributed by atoms with Crippen molar-refractivity contribution in [2.75, 3.05) is 13.1 Å². The van der Waals surface area contributed by atoms with Crippen LogP contribution in [0.3, 0.4) is 0 Å². The summed E-state index contributed by atoms with van der Waals surface area (Å²) in [5, 5.41) is 7.82. The molecule has 29 heavy (non-hydrogen) atoms. The lowest BCUT2D eigenvalue weighted by molar-refractivity contribution is -0.134. The van der Waals surface area contributed by atoms with Gasteiger partial charge in [0.05, 0.1) is 4.88 Å². The fourth-order valence-electron chi connectivity index (χ4n) is 3.50. The van der Waals surface area contributed by atoms with Gasteiger partial charge in [-0.2, -0.15) is 0 Å². The fraction of sp³-hybridized carbons (Fsp3) is 0.682. The number of rotatable bonds is 7. The Hall–Kier alpha value is -1.89. The van der Waals surface area contributed by atoms with Crippen molar-refractivity contribution in [3.05, 3.63) is 22.4 Å². The summed E-state index contributed by atoms with van der Waals surface area (Å²) < 4.78 is 0. The zero-order valence-electron chi connectivity index (χ0n) is 18.3. The van der Waals surface area contributed by atoms with Crippen LogP contribution in [0.1, 0.15) is 70.0 Å². The highest BCUT2D eigenvalue weighted by molar-refractivity contribution is 7.12. The van der Waals surface area contributed by atoms with Gasteiger partial charge < -0.3 is 15.5 Å². The molecule has 0 bridgehead atoms. The molecule has 0 spiro atoms. The lowest BCUT2D eigenvalue weighted by Crippen LogP contribution is -2.55. The number of amides is 3. The second-order valence-corrected chi connectivity index (χ2v) is 10.1. The van der Waals surface area contributed by atoms with Crippen LogP contribution in [0.4, 0.5) is 0 Å². The van der Waals surface area contributed by atoms with Gasteiger partial charge in [0.15, 0.2) is 0 Å². The Kier molecular flexibility index (Phi) is 8.25. The van der Waals surface area contributed by atoms with Gasteiger partial charge in [0.1, 0.15) is 6.04 Å². The topological polar surface area (TPSA) is 78.5 Å². The first-order valence-corrected chi connectivity index (χ1v) is 11.4. The lowest BCUT2D eigenvalue weighted by Gasteiger charge is -2.37. The van der Waals surface area contributed by atoms with E-state index in [1.54, 1.807) is 6.07 Å². The molecule has 2 atom stereocenters. The molecule has 0 aromatic carbocycles. The van der Waals surface area contributed by atoms with Crippen molar-refractivity contribution in [2.24, 2.45) is 11.3 Å². The number of piperidine rings is 1. The van der Waals surface area contributed by atoms with Crippen LogP contribution in [0.2, 0.25) is 0 Å². The van der Waals surface area contributed by atoms with Crippen LogP contribution >= 0.6 is 11.3 Å². The minimum Gasteiger partial charge on any atom is -0.352 e. The molecule has 162 valence electrons. The van der Waals surface area contributed by atoms with Gasteiger partial charge in [-0.3, -0.25) is 14.4 Å². The van der Waals surface area contributed by atoms with E-state index in [1.165, 1.54) is 11.3 Å². The Morgan fingerprint density at radius 3 is 2.38 bits per heavy atom. The van der Waals surface area contributed by atoms with Crippen LogP contribution in [0.25, 0.3) is 0 Å². The number of hydrogen-bond acceptors (Lipinski definition) is 4. The van der Waals surface area contributed by atoms with Gasteiger partial charge in [0.2, 0.25) is 11.8 Å². The normalized spacial score (nSPS) is 17.5. The maximum absolute atomic E-state index is 12.9. The maximum Gasteiger partial charge on any atom is 0.262 e. The number of nitrogens with zero attached hydrogens (tertiary/aromatic N) is 1. The third kappa shape index (κ3) is 7.14. The molecule has 1 aromatic heterocycles. The molecule has 1 aliphatic rings. The highest BCUT2D eigenvalue weighted by atomic mass is 32.1. The first-order chi connectivity index (χ1) is 13.6. The van der Waals surface area contributed by atoms with E-state index in [2.05, 4.69) is 31.4 Å². The number of carbonyl (C=O) groups is 3. The van der Waals surface area contributed by atoms with E-state index in [-0.39, 0.29) is 35.1 Å². The number of likely N-dealkylation sites (tertiary alicyclic amines) is 1. The number of nitrogens with one attached hydrogen (secondary N) is 2. The van der Waals surface area contributed by atoms with Crippen LogP contribution in [0.5, 0.6) is 0 Å². The molecule has 1 aromatic rings. The molecule has 1 aliphatic heterocycles. The fourth-order valence-corrected chi connectivity index (χ4v) is 4.13. The Bertz CT molecular complexity index is 689. The molecule has 0 radical (unpaired) electrons. The first kappa shape index (κ1) is 23.4. The lowest BCUT2D eigenvalue weighted by atomic mass is 9.87. The van der Waals surface area contributed by atoms with Crippen molar-refractivity contribution in [1.82, 2.24) is 15.5 Å². The molecule has 0 saturated carbocycles. The van der Waals surface area contributed by atoms with Crippen molar-refractivity contribution < 1.29 is 14.4 Å². The van der Waals surface area contributed by atoms with Gasteiger partial charge in [-0.1, -0.05) is 33.8 Å². The molecule has 1 fully saturated rings. The Labute approximate surface area is 178 Å². The highest BCUT2D eigenvalue weighted by Gasteiger charge is 2.35. The SMILES string of the molecule is CCC(C)NC(=O)C(NC(=O)c1cccs1)C1CCN(C(=O)CC(C)(C)C)CC1. The van der Waals surface area contributed by atoms with Gasteiger partial charge in [-0.15, -0.1) is 11.3 Å². The summed E-state index contributed by atoms with van der Waals surface area (Å²) in [6.07, 6.45) is 2.76. The molecule has 2 N–H and O–H groups in total. The molecule has 3 amide bonds. The molecule has 2 unspecified atom stereocenters. The largest absolute Gasteiger partial charge is 0.352 e. The average molecular weight is 422 g/mol. The van der Waals surface area contributed by atoms with Crippen LogP contribution in [0.15, 0.2) is 17.5 Å². The summed E-state index contributed by atoms with van der Waals surface area (Å²) in [6, 6.07) is 3.06. The van der Waals surface area contributed by atoms with Crippen molar-refractivity contribution in [1.29, 1.82) is 0 Å². The van der Waals surface area contributed by atoms with E-state index in [4.69, 9.17) is 0 Å². The zero-order chi connectivity index (χ0) is 21.6. The molecule has 2 heterocycles. The van der Waals surface area contributed by atoms with E-state index in [9.17, 15) is 14.4 Å². The number of thiophene rings is 1. The van der Waals surface area contributed by atoms with Gasteiger partial charge in [-0.25, -0.2) is 0 Å². The summed E-state index contributed by atoms with van der Waals surface area (Å²) in [5.74, 6) is -0.167. The van der Waals surface area contributed by atoms with E-state index in [1.807, 2.05) is 30.2 Å². The molecule has 1 saturated heterocycles. The first-order valence-electron chi connectivity index (χ1n) is 10.5. The molecule has 0 aliphatic carbocycles. The van der Waals surface area contributed by atoms with Crippen LogP contribution in [-0.2, 0) is 9.59 Å². The molecular formula is C22H35N3O3S. The minimum absolute atomic E-state index is 0.0154. The molecule has 6 nitrogen and oxygen atoms in total. The Balaban J connectivity index is 2.04. The third-order valence-corrected chi connectivity index (χ3v) is 6.23. The molecule has 7 heteroatoms. The second kappa shape index (κ2) is 10.2. The van der Waals surface area contributed by atoms with E-state index < -0.39 is 6.04 Å². The predicted molar refractivity (Wildman–Crippen MR) is 117 cm³/mol. The van der Waals surface area contributed by atoms with E-state index in [0.717, 1.165) is 6.42 Å². The van der Waals surface area contributed by atoms with E-state index in [0.29, 0.717) is 37.2 Å². The third-order valence-electron chi connectivity index (χ3n) is 5.36. The zero-order valence-corrected chi connectivity index (χ0v) is 19.1. The summed E-state index contributed by atoms with van der Waals surface area (Å²) in [6.45, 7) is 11.4. The predicted octanol–water partition coefficient (Wildman–Crippen LogP) is 3.44. The maximum atomic E-state index is 12.9. The highest BCUT2D eigenvalue weighted by Crippen LogP contribution is 2.25. The minimum atomic E-state index is -0.585. The van der Waals surface area contributed by atoms with Crippen molar-refractivity contribution in [3.63, 3.8) is 0 Å². The van der Waals surface area contributed by atoms with Crippen LogP contribution in [-0.4, -0.2) is 47.8 Å². The summed E-state index contributed by atoms with van der Waals surface area (Å²) in [5.41, 5.74) is -0.0404. The van der Waals surface area contributed by atoms with Crippen LogP contribution < -0.4 is 10.6 Å². The average Bonchev–Trinajstić information content (AvgIpc) is 3.19. The summed E-state index contributed by atoms with van der Waals surface area (Å²) in [4.78, 5) is 40.5. The Morgan fingerprint density at radius 2 is 1.86 bits per heavy atom. The number of hydrogen-bond donors (Lipinski definition) is 2. The van der Waals surface area contributed by atoms with Crippen LogP contribution in [0, 0.1) is 11.3 Å². The smallest absolute Gasteiger partial charge is 0.262 e.